The molecule has 3 nitrogen and oxygen atoms in total. The largest absolute Gasteiger partial charge is 0.340 e. The van der Waals surface area contributed by atoms with Gasteiger partial charge in [0.1, 0.15) is 0 Å². The lowest BCUT2D eigenvalue weighted by molar-refractivity contribution is -0.132. The molecule has 0 aromatic carbocycles. The van der Waals surface area contributed by atoms with Gasteiger partial charge in [0.25, 0.3) is 0 Å². The zero-order valence-corrected chi connectivity index (χ0v) is 9.98. The van der Waals surface area contributed by atoms with Crippen LogP contribution < -0.4 is 0 Å². The monoisotopic (exact) mass is 216 g/mol. The zero-order chi connectivity index (χ0) is 10.4. The van der Waals surface area contributed by atoms with Crippen LogP contribution in [0.4, 0.5) is 0 Å². The van der Waals surface area contributed by atoms with Crippen molar-refractivity contribution in [2.24, 2.45) is 0 Å². The standard InChI is InChI=1S/C10H20N2OS/c1-3-11-5-7-12(8-6-11)10(13)4-9-14-2/h3-9H2,1-2H3. The average Bonchev–Trinajstić information content (AvgIpc) is 2.26. The molecule has 1 fully saturated rings. The Kier molecular flexibility index (Phi) is 5.33. The highest BCUT2D eigenvalue weighted by Gasteiger charge is 2.19. The van der Waals surface area contributed by atoms with E-state index in [1.54, 1.807) is 11.8 Å². The molecule has 1 aliphatic rings. The number of likely N-dealkylation sites (N-methyl/N-ethyl adjacent to an activating group) is 1. The predicted octanol–water partition coefficient (Wildman–Crippen LogP) is 0.904. The van der Waals surface area contributed by atoms with Gasteiger partial charge in [-0.2, -0.15) is 11.8 Å². The summed E-state index contributed by atoms with van der Waals surface area (Å²) in [6.07, 6.45) is 2.75. The highest BCUT2D eigenvalue weighted by molar-refractivity contribution is 7.98. The summed E-state index contributed by atoms with van der Waals surface area (Å²) < 4.78 is 0. The van der Waals surface area contributed by atoms with Gasteiger partial charge in [-0.15, -0.1) is 0 Å². The van der Waals surface area contributed by atoms with Crippen LogP contribution in [-0.4, -0.2) is 60.4 Å². The quantitative estimate of drug-likeness (QED) is 0.698. The molecule has 0 unspecified atom stereocenters. The molecule has 14 heavy (non-hydrogen) atoms. The molecule has 4 heteroatoms. The zero-order valence-electron chi connectivity index (χ0n) is 9.16. The topological polar surface area (TPSA) is 23.6 Å². The van der Waals surface area contributed by atoms with Crippen molar-refractivity contribution < 1.29 is 4.79 Å². The van der Waals surface area contributed by atoms with E-state index < -0.39 is 0 Å². The normalized spacial score (nSPS) is 18.6. The Hall–Kier alpha value is -0.220. The number of rotatable bonds is 4. The summed E-state index contributed by atoms with van der Waals surface area (Å²) in [6.45, 7) is 7.20. The van der Waals surface area contributed by atoms with Crippen LogP contribution in [0.25, 0.3) is 0 Å². The Balaban J connectivity index is 2.23. The molecule has 0 saturated carbocycles. The molecular formula is C10H20N2OS. The Morgan fingerprint density at radius 3 is 2.43 bits per heavy atom. The molecule has 0 aromatic heterocycles. The number of amides is 1. The summed E-state index contributed by atoms with van der Waals surface area (Å²) in [5.74, 6) is 1.28. The maximum atomic E-state index is 11.6. The molecule has 82 valence electrons. The smallest absolute Gasteiger partial charge is 0.223 e. The lowest BCUT2D eigenvalue weighted by Gasteiger charge is -2.34. The number of thioether (sulfide) groups is 1. The molecule has 0 N–H and O–H groups in total. The van der Waals surface area contributed by atoms with Crippen LogP contribution in [0, 0.1) is 0 Å². The van der Waals surface area contributed by atoms with Gasteiger partial charge in [-0.1, -0.05) is 6.92 Å². The second kappa shape index (κ2) is 6.30. The van der Waals surface area contributed by atoms with Gasteiger partial charge in [0.05, 0.1) is 0 Å². The SMILES string of the molecule is CCN1CCN(C(=O)CCSC)CC1. The molecule has 1 amide bonds. The van der Waals surface area contributed by atoms with Crippen molar-refractivity contribution in [3.8, 4) is 0 Å². The molecule has 0 aliphatic carbocycles. The van der Waals surface area contributed by atoms with Gasteiger partial charge < -0.3 is 9.80 Å². The van der Waals surface area contributed by atoms with Crippen LogP contribution in [0.15, 0.2) is 0 Å². The van der Waals surface area contributed by atoms with Crippen LogP contribution in [0.5, 0.6) is 0 Å². The molecule has 1 rings (SSSR count). The van der Waals surface area contributed by atoms with Crippen molar-refractivity contribution in [3.05, 3.63) is 0 Å². The van der Waals surface area contributed by atoms with E-state index in [1.807, 2.05) is 11.2 Å². The first-order valence-corrected chi connectivity index (χ1v) is 6.66. The molecule has 0 radical (unpaired) electrons. The van der Waals surface area contributed by atoms with E-state index in [1.165, 1.54) is 0 Å². The Morgan fingerprint density at radius 1 is 1.29 bits per heavy atom. The van der Waals surface area contributed by atoms with Crippen molar-refractivity contribution in [1.29, 1.82) is 0 Å². The number of carbonyl (C=O) groups excluding carboxylic acids is 1. The van der Waals surface area contributed by atoms with Gasteiger partial charge >= 0.3 is 0 Å². The second-order valence-corrected chi connectivity index (χ2v) is 4.54. The highest BCUT2D eigenvalue weighted by atomic mass is 32.2. The lowest BCUT2D eigenvalue weighted by atomic mass is 10.3. The fourth-order valence-electron chi connectivity index (χ4n) is 1.66. The molecular weight excluding hydrogens is 196 g/mol. The van der Waals surface area contributed by atoms with Gasteiger partial charge in [0, 0.05) is 38.4 Å². The number of carbonyl (C=O) groups is 1. The summed E-state index contributed by atoms with van der Waals surface area (Å²) in [5, 5.41) is 0. The summed E-state index contributed by atoms with van der Waals surface area (Å²) >= 11 is 1.74. The maximum Gasteiger partial charge on any atom is 0.223 e. The van der Waals surface area contributed by atoms with Crippen molar-refractivity contribution in [1.82, 2.24) is 9.80 Å². The van der Waals surface area contributed by atoms with Crippen molar-refractivity contribution in [2.75, 3.05) is 44.7 Å². The molecule has 1 aliphatic heterocycles. The van der Waals surface area contributed by atoms with Crippen molar-refractivity contribution in [3.63, 3.8) is 0 Å². The third kappa shape index (κ3) is 3.50. The predicted molar refractivity (Wildman–Crippen MR) is 61.7 cm³/mol. The van der Waals surface area contributed by atoms with Crippen LogP contribution in [0.1, 0.15) is 13.3 Å². The van der Waals surface area contributed by atoms with Gasteiger partial charge in [-0.05, 0) is 12.8 Å². The average molecular weight is 216 g/mol. The molecule has 0 aromatic rings. The van der Waals surface area contributed by atoms with E-state index in [9.17, 15) is 4.79 Å². The number of nitrogens with zero attached hydrogens (tertiary/aromatic N) is 2. The highest BCUT2D eigenvalue weighted by Crippen LogP contribution is 2.05. The van der Waals surface area contributed by atoms with Crippen LogP contribution in [-0.2, 0) is 4.79 Å². The Morgan fingerprint density at radius 2 is 1.93 bits per heavy atom. The van der Waals surface area contributed by atoms with E-state index in [0.29, 0.717) is 12.3 Å². The van der Waals surface area contributed by atoms with Gasteiger partial charge in [-0.25, -0.2) is 0 Å². The first-order chi connectivity index (χ1) is 6.77. The molecule has 0 spiro atoms. The summed E-state index contributed by atoms with van der Waals surface area (Å²) in [6, 6.07) is 0. The molecule has 1 heterocycles. The molecule has 0 bridgehead atoms. The number of hydrogen-bond donors (Lipinski definition) is 0. The van der Waals surface area contributed by atoms with E-state index in [2.05, 4.69) is 11.8 Å². The lowest BCUT2D eigenvalue weighted by Crippen LogP contribution is -2.48. The molecule has 1 saturated heterocycles. The fourth-order valence-corrected chi connectivity index (χ4v) is 2.04. The van der Waals surface area contributed by atoms with E-state index in [4.69, 9.17) is 0 Å². The Bertz CT molecular complexity index is 179. The minimum Gasteiger partial charge on any atom is -0.340 e. The van der Waals surface area contributed by atoms with Crippen LogP contribution in [0.2, 0.25) is 0 Å². The van der Waals surface area contributed by atoms with Crippen molar-refractivity contribution in [2.45, 2.75) is 13.3 Å². The third-order valence-electron chi connectivity index (χ3n) is 2.69. The van der Waals surface area contributed by atoms with Crippen LogP contribution >= 0.6 is 11.8 Å². The summed E-state index contributed by atoms with van der Waals surface area (Å²) in [7, 11) is 0. The van der Waals surface area contributed by atoms with Crippen LogP contribution in [0.3, 0.4) is 0 Å². The first kappa shape index (κ1) is 11.9. The Labute approximate surface area is 90.8 Å². The molecule has 0 atom stereocenters. The van der Waals surface area contributed by atoms with Gasteiger partial charge in [0.2, 0.25) is 5.91 Å². The van der Waals surface area contributed by atoms with Crippen molar-refractivity contribution >= 4 is 17.7 Å². The number of piperazine rings is 1. The minimum atomic E-state index is 0.329. The minimum absolute atomic E-state index is 0.329. The van der Waals surface area contributed by atoms with Gasteiger partial charge in [0.15, 0.2) is 0 Å². The van der Waals surface area contributed by atoms with E-state index in [0.717, 1.165) is 38.5 Å². The number of hydrogen-bond acceptors (Lipinski definition) is 3. The maximum absolute atomic E-state index is 11.6. The third-order valence-corrected chi connectivity index (χ3v) is 3.30. The second-order valence-electron chi connectivity index (χ2n) is 3.56. The van der Waals surface area contributed by atoms with Gasteiger partial charge in [-0.3, -0.25) is 4.79 Å². The summed E-state index contributed by atoms with van der Waals surface area (Å²) in [5.41, 5.74) is 0. The first-order valence-electron chi connectivity index (χ1n) is 5.27. The summed E-state index contributed by atoms with van der Waals surface area (Å²) in [4.78, 5) is 16.0. The van der Waals surface area contributed by atoms with E-state index >= 15 is 0 Å². The fraction of sp³-hybridized carbons (Fsp3) is 0.900. The van der Waals surface area contributed by atoms with E-state index in [-0.39, 0.29) is 0 Å².